The topological polar surface area (TPSA) is 43.1 Å². The molecule has 0 aliphatic rings. The Morgan fingerprint density at radius 1 is 0.680 bits per heavy atom. The third-order valence-electron chi connectivity index (χ3n) is 3.83. The largest absolute Gasteiger partial charge is 0.330 e. The lowest BCUT2D eigenvalue weighted by Crippen LogP contribution is -1.96. The highest BCUT2D eigenvalue weighted by atomic mass is 16.1. The van der Waals surface area contributed by atoms with Crippen LogP contribution in [0.15, 0.2) is 61.3 Å². The van der Waals surface area contributed by atoms with Crippen LogP contribution in [0.5, 0.6) is 0 Å². The van der Waals surface area contributed by atoms with Gasteiger partial charge >= 0.3 is 0 Å². The molecule has 0 amide bonds. The molecule has 0 bridgehead atoms. The van der Waals surface area contributed by atoms with Crippen LogP contribution >= 0.6 is 0 Å². The second-order valence-electron chi connectivity index (χ2n) is 6.15. The molecule has 0 spiro atoms. The molecule has 0 aliphatic heterocycles. The Balaban J connectivity index is 3.40. The van der Waals surface area contributed by atoms with Crippen LogP contribution in [0.1, 0.15) is 70.6 Å². The molecule has 0 aromatic heterocycles. The standard InChI is InChI=1S/C23H37NO/c1-2-23(25)21-19-17-15-13-11-9-7-5-3-4-6-8-10-12-14-16-18-20-22-24/h2-3,5-6,8-9,11-12,14H,1,4,7,10,13,15-22,24H2. The molecule has 0 atom stereocenters. The smallest absolute Gasteiger partial charge is 0.155 e. The average Bonchev–Trinajstić information content (AvgIpc) is 2.63. The van der Waals surface area contributed by atoms with E-state index in [0.717, 1.165) is 64.3 Å². The predicted octanol–water partition coefficient (Wildman–Crippen LogP) is 6.22. The summed E-state index contributed by atoms with van der Waals surface area (Å²) >= 11 is 0. The number of rotatable bonds is 17. The maximum absolute atomic E-state index is 11.0. The van der Waals surface area contributed by atoms with E-state index in [9.17, 15) is 4.79 Å². The lowest BCUT2D eigenvalue weighted by atomic mass is 10.1. The first-order chi connectivity index (χ1) is 12.3. The number of hydrogen-bond acceptors (Lipinski definition) is 2. The molecule has 0 radical (unpaired) electrons. The van der Waals surface area contributed by atoms with E-state index in [1.54, 1.807) is 0 Å². The average molecular weight is 344 g/mol. The molecule has 25 heavy (non-hydrogen) atoms. The molecule has 0 heterocycles. The van der Waals surface area contributed by atoms with Gasteiger partial charge in [-0.1, -0.05) is 61.6 Å². The van der Waals surface area contributed by atoms with Gasteiger partial charge < -0.3 is 5.73 Å². The Morgan fingerprint density at radius 3 is 1.64 bits per heavy atom. The summed E-state index contributed by atoms with van der Waals surface area (Å²) in [5, 5.41) is 0. The van der Waals surface area contributed by atoms with Crippen LogP contribution in [0, 0.1) is 0 Å². The molecule has 0 fully saturated rings. The fraction of sp³-hybridized carbons (Fsp3) is 0.522. The van der Waals surface area contributed by atoms with Gasteiger partial charge in [0.2, 0.25) is 0 Å². The highest BCUT2D eigenvalue weighted by Crippen LogP contribution is 2.05. The van der Waals surface area contributed by atoms with Crippen molar-refractivity contribution in [3.63, 3.8) is 0 Å². The normalized spacial score (nSPS) is 12.2. The zero-order valence-corrected chi connectivity index (χ0v) is 15.9. The third kappa shape index (κ3) is 20.3. The van der Waals surface area contributed by atoms with E-state index in [-0.39, 0.29) is 5.78 Å². The highest BCUT2D eigenvalue weighted by Gasteiger charge is 1.94. The summed E-state index contributed by atoms with van der Waals surface area (Å²) in [6, 6.07) is 0. The summed E-state index contributed by atoms with van der Waals surface area (Å²) in [5.74, 6) is 0.160. The first kappa shape index (κ1) is 23.3. The number of nitrogens with two attached hydrogens (primary N) is 1. The summed E-state index contributed by atoms with van der Waals surface area (Å²) in [5.41, 5.74) is 5.45. The van der Waals surface area contributed by atoms with Crippen molar-refractivity contribution in [2.75, 3.05) is 6.54 Å². The molecule has 2 N–H and O–H groups in total. The van der Waals surface area contributed by atoms with Gasteiger partial charge in [-0.3, -0.25) is 4.79 Å². The molecule has 0 unspecified atom stereocenters. The minimum Gasteiger partial charge on any atom is -0.330 e. The van der Waals surface area contributed by atoms with E-state index in [2.05, 4.69) is 55.2 Å². The number of carbonyl (C=O) groups excluding carboxylic acids is 1. The molecule has 0 rings (SSSR count). The van der Waals surface area contributed by atoms with Crippen LogP contribution in [-0.4, -0.2) is 12.3 Å². The highest BCUT2D eigenvalue weighted by molar-refractivity contribution is 5.88. The van der Waals surface area contributed by atoms with E-state index in [0.29, 0.717) is 6.42 Å². The van der Waals surface area contributed by atoms with Crippen molar-refractivity contribution < 1.29 is 4.79 Å². The zero-order valence-electron chi connectivity index (χ0n) is 15.9. The monoisotopic (exact) mass is 343 g/mol. The van der Waals surface area contributed by atoms with Crippen LogP contribution in [0.4, 0.5) is 0 Å². The molecule has 0 aliphatic carbocycles. The maximum atomic E-state index is 11.0. The summed E-state index contributed by atoms with van der Waals surface area (Å²) in [4.78, 5) is 11.0. The molecule has 2 heteroatoms. The van der Waals surface area contributed by atoms with Gasteiger partial charge in [-0.15, -0.1) is 0 Å². The molecule has 0 saturated carbocycles. The third-order valence-corrected chi connectivity index (χ3v) is 3.83. The quantitative estimate of drug-likeness (QED) is 0.194. The fourth-order valence-corrected chi connectivity index (χ4v) is 2.30. The number of carbonyl (C=O) groups is 1. The van der Waals surface area contributed by atoms with Crippen molar-refractivity contribution in [3.05, 3.63) is 61.3 Å². The van der Waals surface area contributed by atoms with Crippen molar-refractivity contribution in [1.82, 2.24) is 0 Å². The van der Waals surface area contributed by atoms with Crippen LogP contribution < -0.4 is 5.73 Å². The van der Waals surface area contributed by atoms with Gasteiger partial charge in [-0.25, -0.2) is 0 Å². The van der Waals surface area contributed by atoms with Crippen molar-refractivity contribution in [2.45, 2.75) is 70.6 Å². The lowest BCUT2D eigenvalue weighted by molar-refractivity contribution is -0.114. The molecule has 0 aromatic carbocycles. The Bertz CT molecular complexity index is 429. The lowest BCUT2D eigenvalue weighted by Gasteiger charge is -1.95. The Hall–Kier alpha value is -1.67. The fourth-order valence-electron chi connectivity index (χ4n) is 2.30. The first-order valence-electron chi connectivity index (χ1n) is 9.76. The second kappa shape index (κ2) is 20.4. The van der Waals surface area contributed by atoms with E-state index >= 15 is 0 Å². The summed E-state index contributed by atoms with van der Waals surface area (Å²) in [7, 11) is 0. The van der Waals surface area contributed by atoms with Crippen molar-refractivity contribution in [3.8, 4) is 0 Å². The molecule has 2 nitrogen and oxygen atoms in total. The van der Waals surface area contributed by atoms with E-state index < -0.39 is 0 Å². The van der Waals surface area contributed by atoms with Crippen molar-refractivity contribution in [1.29, 1.82) is 0 Å². The SMILES string of the molecule is C=CC(=O)CCCCCC=CCC=CCC=CCC=CCCCCN. The summed E-state index contributed by atoms with van der Waals surface area (Å²) in [6.45, 7) is 4.28. The van der Waals surface area contributed by atoms with Gasteiger partial charge in [0.05, 0.1) is 0 Å². The van der Waals surface area contributed by atoms with Crippen LogP contribution in [-0.2, 0) is 4.79 Å². The number of unbranched alkanes of at least 4 members (excludes halogenated alkanes) is 5. The zero-order chi connectivity index (χ0) is 18.4. The Kier molecular flexibility index (Phi) is 19.0. The van der Waals surface area contributed by atoms with Crippen molar-refractivity contribution in [2.24, 2.45) is 5.73 Å². The second-order valence-corrected chi connectivity index (χ2v) is 6.15. The first-order valence-corrected chi connectivity index (χ1v) is 9.76. The maximum Gasteiger partial charge on any atom is 0.155 e. The molecular formula is C23H37NO. The van der Waals surface area contributed by atoms with Crippen LogP contribution in [0.25, 0.3) is 0 Å². The summed E-state index contributed by atoms with van der Waals surface area (Å²) in [6.07, 6.45) is 30.7. The van der Waals surface area contributed by atoms with Crippen LogP contribution in [0.3, 0.4) is 0 Å². The van der Waals surface area contributed by atoms with E-state index in [4.69, 9.17) is 5.73 Å². The summed E-state index contributed by atoms with van der Waals surface area (Å²) < 4.78 is 0. The van der Waals surface area contributed by atoms with E-state index in [1.807, 2.05) is 0 Å². The van der Waals surface area contributed by atoms with Crippen molar-refractivity contribution >= 4 is 5.78 Å². The Morgan fingerprint density at radius 2 is 1.16 bits per heavy atom. The predicted molar refractivity (Wildman–Crippen MR) is 112 cm³/mol. The molecular weight excluding hydrogens is 306 g/mol. The molecule has 0 aromatic rings. The van der Waals surface area contributed by atoms with Gasteiger partial charge in [0.15, 0.2) is 5.78 Å². The van der Waals surface area contributed by atoms with E-state index in [1.165, 1.54) is 12.5 Å². The van der Waals surface area contributed by atoms with Gasteiger partial charge in [-0.2, -0.15) is 0 Å². The van der Waals surface area contributed by atoms with Crippen LogP contribution in [0.2, 0.25) is 0 Å². The number of allylic oxidation sites excluding steroid dienone is 9. The number of ketones is 1. The minimum absolute atomic E-state index is 0.160. The molecule has 0 saturated heterocycles. The van der Waals surface area contributed by atoms with Gasteiger partial charge in [-0.05, 0) is 70.4 Å². The minimum atomic E-state index is 0.160. The van der Waals surface area contributed by atoms with Gasteiger partial charge in [0, 0.05) is 6.42 Å². The van der Waals surface area contributed by atoms with Gasteiger partial charge in [0.25, 0.3) is 0 Å². The Labute approximate surface area is 155 Å². The van der Waals surface area contributed by atoms with Gasteiger partial charge in [0.1, 0.15) is 0 Å². The molecule has 140 valence electrons. The number of hydrogen-bond donors (Lipinski definition) is 1.